The molecule has 0 aliphatic carbocycles. The molecule has 0 aromatic carbocycles. The highest BCUT2D eigenvalue weighted by Crippen LogP contribution is 2.24. The van der Waals surface area contributed by atoms with Crippen molar-refractivity contribution in [2.45, 2.75) is 32.3 Å². The number of rotatable bonds is 3. The van der Waals surface area contributed by atoms with Gasteiger partial charge in [0.15, 0.2) is 0 Å². The average Bonchev–Trinajstić information content (AvgIpc) is 2.61. The van der Waals surface area contributed by atoms with Gasteiger partial charge in [0.05, 0.1) is 12.0 Å². The van der Waals surface area contributed by atoms with E-state index in [0.29, 0.717) is 12.6 Å². The SMILES string of the molecule is CC1CN(CC2CCCCO2)CC1C(=O)O. The van der Waals surface area contributed by atoms with E-state index in [1.165, 1.54) is 12.8 Å². The molecule has 0 amide bonds. The van der Waals surface area contributed by atoms with Gasteiger partial charge in [-0.25, -0.2) is 0 Å². The second kappa shape index (κ2) is 5.15. The average molecular weight is 227 g/mol. The lowest BCUT2D eigenvalue weighted by Gasteiger charge is -2.27. The molecule has 2 aliphatic heterocycles. The topological polar surface area (TPSA) is 49.8 Å². The van der Waals surface area contributed by atoms with Gasteiger partial charge in [-0.3, -0.25) is 9.69 Å². The van der Waals surface area contributed by atoms with Crippen molar-refractivity contribution in [3.63, 3.8) is 0 Å². The molecule has 3 atom stereocenters. The first-order valence-corrected chi connectivity index (χ1v) is 6.23. The Labute approximate surface area is 96.6 Å². The smallest absolute Gasteiger partial charge is 0.308 e. The number of aliphatic carboxylic acids is 1. The minimum atomic E-state index is -0.653. The highest BCUT2D eigenvalue weighted by atomic mass is 16.5. The van der Waals surface area contributed by atoms with Crippen LogP contribution in [0.5, 0.6) is 0 Å². The van der Waals surface area contributed by atoms with Crippen LogP contribution in [0.4, 0.5) is 0 Å². The number of hydrogen-bond acceptors (Lipinski definition) is 3. The van der Waals surface area contributed by atoms with Crippen molar-refractivity contribution in [3.05, 3.63) is 0 Å². The standard InChI is InChI=1S/C12H21NO3/c1-9-6-13(8-11(9)12(14)15)7-10-4-2-3-5-16-10/h9-11H,2-8H2,1H3,(H,14,15). The summed E-state index contributed by atoms with van der Waals surface area (Å²) in [5.41, 5.74) is 0. The van der Waals surface area contributed by atoms with Crippen LogP contribution in [-0.2, 0) is 9.53 Å². The normalized spacial score (nSPS) is 36.4. The molecule has 2 aliphatic rings. The van der Waals surface area contributed by atoms with Crippen LogP contribution in [0.15, 0.2) is 0 Å². The van der Waals surface area contributed by atoms with Crippen molar-refractivity contribution in [1.82, 2.24) is 4.90 Å². The molecule has 2 fully saturated rings. The molecule has 92 valence electrons. The number of hydrogen-bond donors (Lipinski definition) is 1. The van der Waals surface area contributed by atoms with Gasteiger partial charge >= 0.3 is 5.97 Å². The molecular formula is C12H21NO3. The van der Waals surface area contributed by atoms with Gasteiger partial charge in [0, 0.05) is 26.2 Å². The van der Waals surface area contributed by atoms with Gasteiger partial charge in [-0.1, -0.05) is 6.92 Å². The summed E-state index contributed by atoms with van der Waals surface area (Å²) in [6.45, 7) is 5.40. The zero-order chi connectivity index (χ0) is 11.5. The number of nitrogens with zero attached hydrogens (tertiary/aromatic N) is 1. The van der Waals surface area contributed by atoms with Crippen LogP contribution in [0, 0.1) is 11.8 Å². The summed E-state index contributed by atoms with van der Waals surface area (Å²) in [6.07, 6.45) is 3.87. The Hall–Kier alpha value is -0.610. The first-order valence-electron chi connectivity index (χ1n) is 6.23. The highest BCUT2D eigenvalue weighted by Gasteiger charge is 2.35. The molecule has 1 N–H and O–H groups in total. The predicted octanol–water partition coefficient (Wildman–Crippen LogP) is 1.21. The number of carboxylic acid groups (broad SMARTS) is 1. The van der Waals surface area contributed by atoms with Crippen LogP contribution < -0.4 is 0 Å². The van der Waals surface area contributed by atoms with Crippen LogP contribution in [-0.4, -0.2) is 48.3 Å². The van der Waals surface area contributed by atoms with Crippen molar-refractivity contribution < 1.29 is 14.6 Å². The van der Waals surface area contributed by atoms with Crippen molar-refractivity contribution in [1.29, 1.82) is 0 Å². The molecule has 4 nitrogen and oxygen atoms in total. The van der Waals surface area contributed by atoms with E-state index in [0.717, 1.165) is 26.1 Å². The van der Waals surface area contributed by atoms with E-state index in [9.17, 15) is 4.79 Å². The van der Waals surface area contributed by atoms with Crippen molar-refractivity contribution >= 4 is 5.97 Å². The number of ether oxygens (including phenoxy) is 1. The fourth-order valence-electron chi connectivity index (χ4n) is 2.78. The first kappa shape index (κ1) is 11.9. The maximum Gasteiger partial charge on any atom is 0.308 e. The second-order valence-corrected chi connectivity index (χ2v) is 5.13. The summed E-state index contributed by atoms with van der Waals surface area (Å²) in [5, 5.41) is 9.05. The zero-order valence-electron chi connectivity index (χ0n) is 9.89. The lowest BCUT2D eigenvalue weighted by Crippen LogP contribution is -2.35. The number of carboxylic acids is 1. The Balaban J connectivity index is 1.81. The van der Waals surface area contributed by atoms with Gasteiger partial charge in [0.25, 0.3) is 0 Å². The molecule has 3 unspecified atom stereocenters. The second-order valence-electron chi connectivity index (χ2n) is 5.13. The monoisotopic (exact) mass is 227 g/mol. The largest absolute Gasteiger partial charge is 0.481 e. The molecule has 0 aromatic rings. The molecule has 0 spiro atoms. The summed E-state index contributed by atoms with van der Waals surface area (Å²) >= 11 is 0. The first-order chi connectivity index (χ1) is 7.66. The highest BCUT2D eigenvalue weighted by molar-refractivity contribution is 5.71. The lowest BCUT2D eigenvalue weighted by molar-refractivity contribution is -0.142. The van der Waals surface area contributed by atoms with Gasteiger partial charge in [-0.05, 0) is 25.2 Å². The van der Waals surface area contributed by atoms with E-state index < -0.39 is 5.97 Å². The van der Waals surface area contributed by atoms with E-state index in [1.807, 2.05) is 6.92 Å². The van der Waals surface area contributed by atoms with Gasteiger partial charge in [-0.15, -0.1) is 0 Å². The Morgan fingerprint density at radius 3 is 2.81 bits per heavy atom. The van der Waals surface area contributed by atoms with E-state index in [4.69, 9.17) is 9.84 Å². The Morgan fingerprint density at radius 1 is 1.44 bits per heavy atom. The molecule has 0 bridgehead atoms. The van der Waals surface area contributed by atoms with Gasteiger partial charge in [-0.2, -0.15) is 0 Å². The fourth-order valence-corrected chi connectivity index (χ4v) is 2.78. The number of likely N-dealkylation sites (tertiary alicyclic amines) is 1. The summed E-state index contributed by atoms with van der Waals surface area (Å²) in [7, 11) is 0. The fraction of sp³-hybridized carbons (Fsp3) is 0.917. The van der Waals surface area contributed by atoms with Crippen LogP contribution in [0.3, 0.4) is 0 Å². The van der Waals surface area contributed by atoms with Crippen LogP contribution >= 0.6 is 0 Å². The van der Waals surface area contributed by atoms with Crippen LogP contribution in [0.1, 0.15) is 26.2 Å². The minimum Gasteiger partial charge on any atom is -0.481 e. The summed E-state index contributed by atoms with van der Waals surface area (Å²) < 4.78 is 5.68. The number of carbonyl (C=O) groups is 1. The molecule has 0 saturated carbocycles. The molecule has 4 heteroatoms. The molecule has 0 aromatic heterocycles. The maximum atomic E-state index is 11.0. The van der Waals surface area contributed by atoms with Crippen LogP contribution in [0.2, 0.25) is 0 Å². The Bertz CT molecular complexity index is 251. The molecule has 16 heavy (non-hydrogen) atoms. The quantitative estimate of drug-likeness (QED) is 0.787. The Kier molecular flexibility index (Phi) is 3.82. The third kappa shape index (κ3) is 2.74. The van der Waals surface area contributed by atoms with E-state index in [2.05, 4.69) is 4.90 Å². The molecule has 2 rings (SSSR count). The summed E-state index contributed by atoms with van der Waals surface area (Å²) in [5.74, 6) is -0.579. The zero-order valence-corrected chi connectivity index (χ0v) is 9.89. The Morgan fingerprint density at radius 2 is 2.25 bits per heavy atom. The molecule has 2 heterocycles. The van der Waals surface area contributed by atoms with Gasteiger partial charge in [0.2, 0.25) is 0 Å². The molecule has 0 radical (unpaired) electrons. The predicted molar refractivity (Wildman–Crippen MR) is 60.3 cm³/mol. The van der Waals surface area contributed by atoms with Gasteiger partial charge in [0.1, 0.15) is 0 Å². The van der Waals surface area contributed by atoms with Gasteiger partial charge < -0.3 is 9.84 Å². The summed E-state index contributed by atoms with van der Waals surface area (Å²) in [4.78, 5) is 13.2. The third-order valence-electron chi connectivity index (χ3n) is 3.74. The van der Waals surface area contributed by atoms with Crippen molar-refractivity contribution in [2.75, 3.05) is 26.2 Å². The van der Waals surface area contributed by atoms with Crippen molar-refractivity contribution in [2.24, 2.45) is 11.8 Å². The minimum absolute atomic E-state index is 0.191. The molecule has 2 saturated heterocycles. The van der Waals surface area contributed by atoms with E-state index in [-0.39, 0.29) is 11.8 Å². The summed E-state index contributed by atoms with van der Waals surface area (Å²) in [6, 6.07) is 0. The third-order valence-corrected chi connectivity index (χ3v) is 3.74. The van der Waals surface area contributed by atoms with E-state index in [1.54, 1.807) is 0 Å². The molecular weight excluding hydrogens is 206 g/mol. The lowest BCUT2D eigenvalue weighted by atomic mass is 9.99. The van der Waals surface area contributed by atoms with E-state index >= 15 is 0 Å². The van der Waals surface area contributed by atoms with Crippen LogP contribution in [0.25, 0.3) is 0 Å². The van der Waals surface area contributed by atoms with Crippen molar-refractivity contribution in [3.8, 4) is 0 Å². The maximum absolute atomic E-state index is 11.0.